The molecule has 6 nitrogen and oxygen atoms in total. The molecule has 18 heavy (non-hydrogen) atoms. The van der Waals surface area contributed by atoms with Gasteiger partial charge in [0.2, 0.25) is 5.91 Å². The summed E-state index contributed by atoms with van der Waals surface area (Å²) in [4.78, 5) is 18.4. The van der Waals surface area contributed by atoms with E-state index in [-0.39, 0.29) is 18.3 Å². The van der Waals surface area contributed by atoms with Gasteiger partial charge in [0.15, 0.2) is 0 Å². The molecule has 2 heterocycles. The van der Waals surface area contributed by atoms with Crippen molar-refractivity contribution in [2.45, 2.75) is 13.1 Å². The highest BCUT2D eigenvalue weighted by Crippen LogP contribution is 2.10. The monoisotopic (exact) mass is 261 g/mol. The molecule has 0 aromatic carbocycles. The van der Waals surface area contributed by atoms with E-state index in [0.29, 0.717) is 6.54 Å². The molecule has 2 aromatic heterocycles. The number of rotatable bonds is 4. The molecule has 0 aliphatic rings. The van der Waals surface area contributed by atoms with Gasteiger partial charge in [-0.1, -0.05) is 6.07 Å². The maximum atomic E-state index is 11.9. The topological polar surface area (TPSA) is 74.8 Å². The fraction of sp³-hybridized carbons (Fsp3) is 0.273. The Morgan fingerprint density at radius 3 is 3.11 bits per heavy atom. The lowest BCUT2D eigenvalue weighted by atomic mass is 10.4. The summed E-state index contributed by atoms with van der Waals surface area (Å²) in [5.41, 5.74) is 0. The lowest BCUT2D eigenvalue weighted by Crippen LogP contribution is -2.29. The minimum Gasteiger partial charge on any atom is -0.339 e. The highest BCUT2D eigenvalue weighted by molar-refractivity contribution is 7.09. The summed E-state index contributed by atoms with van der Waals surface area (Å²) in [7, 11) is 1.74. The van der Waals surface area contributed by atoms with Gasteiger partial charge < -0.3 is 4.90 Å². The maximum Gasteiger partial charge on any atom is 0.252 e. The first-order valence-electron chi connectivity index (χ1n) is 5.25. The molecular weight excluding hydrogens is 250 g/mol. The van der Waals surface area contributed by atoms with Gasteiger partial charge >= 0.3 is 0 Å². The number of thiophene rings is 1. The largest absolute Gasteiger partial charge is 0.339 e. The van der Waals surface area contributed by atoms with Crippen molar-refractivity contribution in [1.82, 2.24) is 19.7 Å². The Balaban J connectivity index is 1.93. The molecule has 0 atom stereocenters. The van der Waals surface area contributed by atoms with E-state index in [9.17, 15) is 4.79 Å². The number of carbonyl (C=O) groups is 1. The van der Waals surface area contributed by atoms with E-state index < -0.39 is 0 Å². The fourth-order valence-electron chi connectivity index (χ4n) is 1.41. The molecule has 2 rings (SSSR count). The SMILES string of the molecule is CN(Cc1cccs1)C(=O)Cn1cnc(C#N)n1. The van der Waals surface area contributed by atoms with Crippen LogP contribution in [0.2, 0.25) is 0 Å². The van der Waals surface area contributed by atoms with Gasteiger partial charge in [-0.15, -0.1) is 16.4 Å². The quantitative estimate of drug-likeness (QED) is 0.818. The predicted molar refractivity (Wildman–Crippen MR) is 65.5 cm³/mol. The van der Waals surface area contributed by atoms with Crippen LogP contribution in [0.25, 0.3) is 0 Å². The van der Waals surface area contributed by atoms with E-state index in [1.807, 2.05) is 23.6 Å². The number of nitrogens with zero attached hydrogens (tertiary/aromatic N) is 5. The highest BCUT2D eigenvalue weighted by Gasteiger charge is 2.11. The number of nitriles is 1. The third-order valence-electron chi connectivity index (χ3n) is 2.33. The van der Waals surface area contributed by atoms with Gasteiger partial charge in [-0.2, -0.15) is 5.26 Å². The van der Waals surface area contributed by atoms with Gasteiger partial charge in [0.1, 0.15) is 18.9 Å². The summed E-state index contributed by atoms with van der Waals surface area (Å²) < 4.78 is 1.37. The maximum absolute atomic E-state index is 11.9. The van der Waals surface area contributed by atoms with Crippen molar-refractivity contribution in [1.29, 1.82) is 5.26 Å². The molecule has 0 saturated heterocycles. The van der Waals surface area contributed by atoms with Gasteiger partial charge in [-0.05, 0) is 11.4 Å². The van der Waals surface area contributed by atoms with E-state index in [4.69, 9.17) is 5.26 Å². The van der Waals surface area contributed by atoms with Crippen LogP contribution < -0.4 is 0 Å². The Morgan fingerprint density at radius 2 is 2.50 bits per heavy atom. The molecule has 0 aliphatic heterocycles. The molecule has 0 saturated carbocycles. The van der Waals surface area contributed by atoms with Crippen LogP contribution in [0, 0.1) is 11.3 Å². The number of amides is 1. The molecule has 2 aromatic rings. The number of aromatic nitrogens is 3. The van der Waals surface area contributed by atoms with E-state index in [0.717, 1.165) is 4.88 Å². The van der Waals surface area contributed by atoms with Crippen LogP contribution in [0.15, 0.2) is 23.8 Å². The molecule has 0 bridgehead atoms. The first-order valence-corrected chi connectivity index (χ1v) is 6.13. The van der Waals surface area contributed by atoms with Crippen molar-refractivity contribution < 1.29 is 4.79 Å². The Kier molecular flexibility index (Phi) is 3.69. The van der Waals surface area contributed by atoms with E-state index in [1.54, 1.807) is 23.3 Å². The summed E-state index contributed by atoms with van der Waals surface area (Å²) >= 11 is 1.61. The highest BCUT2D eigenvalue weighted by atomic mass is 32.1. The molecule has 0 unspecified atom stereocenters. The van der Waals surface area contributed by atoms with E-state index in [2.05, 4.69) is 10.1 Å². The van der Waals surface area contributed by atoms with Crippen molar-refractivity contribution in [2.24, 2.45) is 0 Å². The smallest absolute Gasteiger partial charge is 0.252 e. The first-order chi connectivity index (χ1) is 8.69. The molecule has 7 heteroatoms. The van der Waals surface area contributed by atoms with Crippen molar-refractivity contribution in [2.75, 3.05) is 7.05 Å². The van der Waals surface area contributed by atoms with Gasteiger partial charge in [0.25, 0.3) is 5.82 Å². The van der Waals surface area contributed by atoms with Crippen LogP contribution in [0.1, 0.15) is 10.7 Å². The number of likely N-dealkylation sites (N-methyl/N-ethyl adjacent to an activating group) is 1. The molecule has 0 fully saturated rings. The van der Waals surface area contributed by atoms with Gasteiger partial charge in [-0.25, -0.2) is 9.67 Å². The number of hydrogen-bond acceptors (Lipinski definition) is 5. The lowest BCUT2D eigenvalue weighted by molar-refractivity contribution is -0.131. The van der Waals surface area contributed by atoms with Crippen LogP contribution in [-0.2, 0) is 17.9 Å². The Bertz CT molecular complexity index is 569. The van der Waals surface area contributed by atoms with Crippen molar-refractivity contribution in [3.8, 4) is 6.07 Å². The minimum atomic E-state index is -0.0715. The van der Waals surface area contributed by atoms with Crippen molar-refractivity contribution in [3.63, 3.8) is 0 Å². The lowest BCUT2D eigenvalue weighted by Gasteiger charge is -2.15. The molecule has 92 valence electrons. The van der Waals surface area contributed by atoms with E-state index >= 15 is 0 Å². The molecule has 0 spiro atoms. The third-order valence-corrected chi connectivity index (χ3v) is 3.19. The molecule has 0 radical (unpaired) electrons. The summed E-state index contributed by atoms with van der Waals surface area (Å²) in [5, 5.41) is 14.4. The second kappa shape index (κ2) is 5.42. The molecule has 0 aliphatic carbocycles. The summed E-state index contributed by atoms with van der Waals surface area (Å²) in [5.74, 6) is 0.00139. The average molecular weight is 261 g/mol. The standard InChI is InChI=1S/C11H11N5OS/c1-15(6-9-3-2-4-18-9)11(17)7-16-8-13-10(5-12)14-16/h2-4,8H,6-7H2,1H3. The van der Waals surface area contributed by atoms with Gasteiger partial charge in [0.05, 0.1) is 6.54 Å². The van der Waals surface area contributed by atoms with Crippen LogP contribution in [0.5, 0.6) is 0 Å². The summed E-state index contributed by atoms with van der Waals surface area (Å²) in [6, 6.07) is 5.76. The zero-order valence-electron chi connectivity index (χ0n) is 9.78. The second-order valence-corrected chi connectivity index (χ2v) is 4.74. The van der Waals surface area contributed by atoms with Crippen molar-refractivity contribution >= 4 is 17.2 Å². The first kappa shape index (κ1) is 12.3. The number of carbonyl (C=O) groups excluding carboxylic acids is 1. The normalized spacial score (nSPS) is 10.0. The Morgan fingerprint density at radius 1 is 1.67 bits per heavy atom. The van der Waals surface area contributed by atoms with Crippen LogP contribution in [0.4, 0.5) is 0 Å². The number of hydrogen-bond donors (Lipinski definition) is 0. The fourth-order valence-corrected chi connectivity index (χ4v) is 2.16. The second-order valence-electron chi connectivity index (χ2n) is 3.71. The summed E-state index contributed by atoms with van der Waals surface area (Å²) in [6.45, 7) is 0.673. The minimum absolute atomic E-state index is 0.0715. The van der Waals surface area contributed by atoms with Crippen LogP contribution >= 0.6 is 11.3 Å². The molecule has 0 N–H and O–H groups in total. The van der Waals surface area contributed by atoms with Gasteiger partial charge in [0, 0.05) is 11.9 Å². The Hall–Kier alpha value is -2.20. The van der Waals surface area contributed by atoms with Crippen LogP contribution in [-0.4, -0.2) is 32.6 Å². The Labute approximate surface area is 108 Å². The summed E-state index contributed by atoms with van der Waals surface area (Å²) in [6.07, 6.45) is 1.38. The zero-order valence-corrected chi connectivity index (χ0v) is 10.6. The van der Waals surface area contributed by atoms with E-state index in [1.165, 1.54) is 11.0 Å². The third kappa shape index (κ3) is 2.93. The van der Waals surface area contributed by atoms with Crippen molar-refractivity contribution in [3.05, 3.63) is 34.5 Å². The molecule has 1 amide bonds. The van der Waals surface area contributed by atoms with Gasteiger partial charge in [-0.3, -0.25) is 4.79 Å². The average Bonchev–Trinajstić information content (AvgIpc) is 3.00. The van der Waals surface area contributed by atoms with Crippen LogP contribution in [0.3, 0.4) is 0 Å². The predicted octanol–water partition coefficient (Wildman–Crippen LogP) is 0.870. The zero-order chi connectivity index (χ0) is 13.0. The molecular formula is C11H11N5OS.